The second-order valence-electron chi connectivity index (χ2n) is 3.04. The molecule has 0 aliphatic heterocycles. The van der Waals surface area contributed by atoms with Gasteiger partial charge in [-0.05, 0) is 30.9 Å². The van der Waals surface area contributed by atoms with Gasteiger partial charge in [0.1, 0.15) is 0 Å². The van der Waals surface area contributed by atoms with Crippen LogP contribution >= 0.6 is 0 Å². The molecule has 2 rings (SSSR count). The molecule has 56 valence electrons. The molecule has 1 heterocycles. The Labute approximate surface area is 66.1 Å². The van der Waals surface area contributed by atoms with Gasteiger partial charge in [-0.1, -0.05) is 11.6 Å². The van der Waals surface area contributed by atoms with Gasteiger partial charge in [0.2, 0.25) is 0 Å². The monoisotopic (exact) mass is 145 g/mol. The minimum Gasteiger partial charge on any atom is -0.366 e. The molecule has 1 aromatic heterocycles. The van der Waals surface area contributed by atoms with Crippen molar-refractivity contribution in [2.45, 2.75) is 13.8 Å². The van der Waals surface area contributed by atoms with E-state index < -0.39 is 0 Å². The molecular formula is C10H11N. The van der Waals surface area contributed by atoms with E-state index in [4.69, 9.17) is 0 Å². The lowest BCUT2D eigenvalue weighted by Gasteiger charge is -1.97. The van der Waals surface area contributed by atoms with Crippen LogP contribution in [0, 0.1) is 13.8 Å². The maximum atomic E-state index is 3.11. The Morgan fingerprint density at radius 2 is 1.91 bits per heavy atom. The molecule has 0 bridgehead atoms. The number of benzene rings is 1. The van der Waals surface area contributed by atoms with Gasteiger partial charge >= 0.3 is 0 Å². The van der Waals surface area contributed by atoms with E-state index in [0.29, 0.717) is 0 Å². The van der Waals surface area contributed by atoms with Crippen molar-refractivity contribution in [2.24, 2.45) is 0 Å². The first-order chi connectivity index (χ1) is 5.27. The molecule has 2 aromatic rings. The van der Waals surface area contributed by atoms with E-state index >= 15 is 0 Å². The van der Waals surface area contributed by atoms with Gasteiger partial charge in [0.25, 0.3) is 0 Å². The summed E-state index contributed by atoms with van der Waals surface area (Å²) in [7, 11) is 0. The minimum absolute atomic E-state index is 1.31. The van der Waals surface area contributed by atoms with Crippen molar-refractivity contribution in [3.8, 4) is 0 Å². The normalized spacial score (nSPS) is 10.7. The molecule has 1 N–H and O–H groups in total. The Kier molecular flexibility index (Phi) is 1.25. The molecular weight excluding hydrogens is 134 g/mol. The van der Waals surface area contributed by atoms with Crippen molar-refractivity contribution in [3.05, 3.63) is 35.7 Å². The van der Waals surface area contributed by atoms with Gasteiger partial charge in [-0.15, -0.1) is 0 Å². The summed E-state index contributed by atoms with van der Waals surface area (Å²) >= 11 is 0. The standard InChI is InChI=1S/C10H11N/c1-7-3-8(2)10-6-11-5-9(10)4-7/h3-6,11H,1-2H3. The van der Waals surface area contributed by atoms with Crippen molar-refractivity contribution in [2.75, 3.05) is 0 Å². The third-order valence-corrected chi connectivity index (χ3v) is 2.03. The van der Waals surface area contributed by atoms with Crippen LogP contribution in [-0.2, 0) is 0 Å². The summed E-state index contributed by atoms with van der Waals surface area (Å²) < 4.78 is 0. The van der Waals surface area contributed by atoms with Gasteiger partial charge < -0.3 is 4.98 Å². The zero-order valence-corrected chi connectivity index (χ0v) is 6.81. The average Bonchev–Trinajstić information content (AvgIpc) is 2.34. The van der Waals surface area contributed by atoms with Gasteiger partial charge in [-0.3, -0.25) is 0 Å². The zero-order chi connectivity index (χ0) is 7.84. The van der Waals surface area contributed by atoms with Crippen LogP contribution in [0.25, 0.3) is 10.8 Å². The molecule has 0 spiro atoms. The predicted octanol–water partition coefficient (Wildman–Crippen LogP) is 2.78. The summed E-state index contributed by atoms with van der Waals surface area (Å²) in [4.78, 5) is 3.11. The summed E-state index contributed by atoms with van der Waals surface area (Å²) in [5.41, 5.74) is 2.68. The van der Waals surface area contributed by atoms with Crippen molar-refractivity contribution in [1.82, 2.24) is 4.98 Å². The number of hydrogen-bond acceptors (Lipinski definition) is 0. The summed E-state index contributed by atoms with van der Waals surface area (Å²) in [6.45, 7) is 4.27. The van der Waals surface area contributed by atoms with Crippen LogP contribution < -0.4 is 0 Å². The van der Waals surface area contributed by atoms with Crippen LogP contribution in [0.5, 0.6) is 0 Å². The first kappa shape index (κ1) is 6.47. The Morgan fingerprint density at radius 1 is 1.09 bits per heavy atom. The van der Waals surface area contributed by atoms with Crippen LogP contribution in [0.15, 0.2) is 24.5 Å². The van der Waals surface area contributed by atoms with Gasteiger partial charge in [-0.2, -0.15) is 0 Å². The second kappa shape index (κ2) is 2.12. The first-order valence-electron chi connectivity index (χ1n) is 3.81. The number of aromatic nitrogens is 1. The molecule has 1 heteroatoms. The molecule has 1 nitrogen and oxygen atoms in total. The average molecular weight is 145 g/mol. The van der Waals surface area contributed by atoms with Gasteiger partial charge in [-0.25, -0.2) is 0 Å². The number of hydrogen-bond donors (Lipinski definition) is 1. The van der Waals surface area contributed by atoms with Crippen molar-refractivity contribution >= 4 is 10.8 Å². The van der Waals surface area contributed by atoms with E-state index in [9.17, 15) is 0 Å². The summed E-state index contributed by atoms with van der Waals surface area (Å²) in [6.07, 6.45) is 4.08. The number of nitrogens with one attached hydrogen (secondary N) is 1. The molecule has 0 saturated carbocycles. The molecule has 0 unspecified atom stereocenters. The van der Waals surface area contributed by atoms with Gasteiger partial charge in [0.15, 0.2) is 0 Å². The molecule has 0 aliphatic carbocycles. The lowest BCUT2D eigenvalue weighted by atomic mass is 10.1. The van der Waals surface area contributed by atoms with Crippen LogP contribution in [0.1, 0.15) is 11.1 Å². The fourth-order valence-electron chi connectivity index (χ4n) is 1.54. The van der Waals surface area contributed by atoms with Crippen LogP contribution in [0.3, 0.4) is 0 Å². The number of H-pyrrole nitrogens is 1. The topological polar surface area (TPSA) is 15.8 Å². The number of aromatic amines is 1. The van der Waals surface area contributed by atoms with Crippen molar-refractivity contribution < 1.29 is 0 Å². The largest absolute Gasteiger partial charge is 0.366 e. The maximum absolute atomic E-state index is 3.11. The van der Waals surface area contributed by atoms with E-state index in [-0.39, 0.29) is 0 Å². The Bertz CT molecular complexity index is 385. The van der Waals surface area contributed by atoms with E-state index in [2.05, 4.69) is 31.0 Å². The second-order valence-corrected chi connectivity index (χ2v) is 3.04. The fourth-order valence-corrected chi connectivity index (χ4v) is 1.54. The molecule has 0 fully saturated rings. The first-order valence-corrected chi connectivity index (χ1v) is 3.81. The zero-order valence-electron chi connectivity index (χ0n) is 6.81. The van der Waals surface area contributed by atoms with Gasteiger partial charge in [0.05, 0.1) is 0 Å². The molecule has 11 heavy (non-hydrogen) atoms. The van der Waals surface area contributed by atoms with Crippen LogP contribution in [0.2, 0.25) is 0 Å². The Hall–Kier alpha value is -1.24. The molecule has 0 saturated heterocycles. The van der Waals surface area contributed by atoms with E-state index in [0.717, 1.165) is 0 Å². The lowest BCUT2D eigenvalue weighted by molar-refractivity contribution is 1.42. The molecule has 0 radical (unpaired) electrons. The maximum Gasteiger partial charge on any atom is 0.00870 e. The predicted molar refractivity (Wildman–Crippen MR) is 47.8 cm³/mol. The third kappa shape index (κ3) is 0.929. The number of rotatable bonds is 0. The number of aryl methyl sites for hydroxylation is 2. The molecule has 0 amide bonds. The highest BCUT2D eigenvalue weighted by molar-refractivity contribution is 5.85. The summed E-state index contributed by atoms with van der Waals surface area (Å²) in [6, 6.07) is 4.40. The van der Waals surface area contributed by atoms with Crippen molar-refractivity contribution in [1.29, 1.82) is 0 Å². The lowest BCUT2D eigenvalue weighted by Crippen LogP contribution is -1.76. The van der Waals surface area contributed by atoms with E-state index in [1.807, 2.05) is 12.4 Å². The summed E-state index contributed by atoms with van der Waals surface area (Å²) in [5.74, 6) is 0. The van der Waals surface area contributed by atoms with Crippen LogP contribution in [0.4, 0.5) is 0 Å². The quantitative estimate of drug-likeness (QED) is 0.586. The van der Waals surface area contributed by atoms with Gasteiger partial charge in [0, 0.05) is 17.8 Å². The Morgan fingerprint density at radius 3 is 2.73 bits per heavy atom. The molecule has 1 aromatic carbocycles. The SMILES string of the molecule is Cc1cc(C)c2c[nH]cc2c1. The Balaban J connectivity index is 2.91. The summed E-state index contributed by atoms with van der Waals surface area (Å²) in [5, 5.41) is 2.64. The van der Waals surface area contributed by atoms with E-state index in [1.165, 1.54) is 21.9 Å². The fraction of sp³-hybridized carbons (Fsp3) is 0.200. The van der Waals surface area contributed by atoms with E-state index in [1.54, 1.807) is 0 Å². The number of fused-ring (bicyclic) bond motifs is 1. The minimum atomic E-state index is 1.31. The highest BCUT2D eigenvalue weighted by Gasteiger charge is 1.97. The molecule has 0 atom stereocenters. The third-order valence-electron chi connectivity index (χ3n) is 2.03. The molecule has 0 aliphatic rings. The van der Waals surface area contributed by atoms with Crippen molar-refractivity contribution in [3.63, 3.8) is 0 Å². The van der Waals surface area contributed by atoms with Crippen LogP contribution in [-0.4, -0.2) is 4.98 Å². The highest BCUT2D eigenvalue weighted by atomic mass is 14.6. The highest BCUT2D eigenvalue weighted by Crippen LogP contribution is 2.19. The smallest absolute Gasteiger partial charge is 0.00870 e.